The molecule has 0 radical (unpaired) electrons. The molecule has 0 aliphatic heterocycles. The van der Waals surface area contributed by atoms with Gasteiger partial charge in [0.25, 0.3) is 10.1 Å². The summed E-state index contributed by atoms with van der Waals surface area (Å²) in [6.45, 7) is 4.38. The van der Waals surface area contributed by atoms with Gasteiger partial charge < -0.3 is 9.47 Å². The van der Waals surface area contributed by atoms with Crippen LogP contribution in [0.4, 0.5) is 0 Å². The molecular formula is C18H27NaO7S. The molecule has 1 aromatic rings. The van der Waals surface area contributed by atoms with Gasteiger partial charge in [-0.2, -0.15) is 8.42 Å². The average Bonchev–Trinajstić information content (AvgIpc) is 2.60. The molecule has 1 aromatic carbocycles. The van der Waals surface area contributed by atoms with Crippen LogP contribution >= 0.6 is 0 Å². The first kappa shape index (κ1) is 26.1. The van der Waals surface area contributed by atoms with E-state index >= 15 is 0 Å². The van der Waals surface area contributed by atoms with Crippen molar-refractivity contribution in [2.75, 3.05) is 13.2 Å². The Hall–Kier alpha value is -0.930. The first-order valence-electron chi connectivity index (χ1n) is 8.77. The normalized spacial score (nSPS) is 10.8. The fraction of sp³-hybridized carbons (Fsp3) is 0.556. The van der Waals surface area contributed by atoms with Gasteiger partial charge in [0, 0.05) is 0 Å². The molecule has 0 atom stereocenters. The average molecular weight is 410 g/mol. The molecule has 1 rings (SSSR count). The first-order valence-corrected chi connectivity index (χ1v) is 10.2. The van der Waals surface area contributed by atoms with Crippen LogP contribution in [0.3, 0.4) is 0 Å². The van der Waals surface area contributed by atoms with Gasteiger partial charge in [-0.05, 0) is 31.0 Å². The molecule has 0 unspecified atom stereocenters. The quantitative estimate of drug-likeness (QED) is 0.259. The van der Waals surface area contributed by atoms with Crippen LogP contribution in [0.15, 0.2) is 23.1 Å². The Bertz CT molecular complexity index is 716. The number of rotatable bonds is 11. The first-order chi connectivity index (χ1) is 12.3. The van der Waals surface area contributed by atoms with Crippen molar-refractivity contribution in [2.24, 2.45) is 0 Å². The van der Waals surface area contributed by atoms with Crippen LogP contribution < -0.4 is 0 Å². The Labute approximate surface area is 182 Å². The second-order valence-corrected chi connectivity index (χ2v) is 7.26. The van der Waals surface area contributed by atoms with Gasteiger partial charge in [-0.3, -0.25) is 4.55 Å². The molecule has 27 heavy (non-hydrogen) atoms. The summed E-state index contributed by atoms with van der Waals surface area (Å²) in [5.74, 6) is -1.58. The second kappa shape index (κ2) is 13.3. The van der Waals surface area contributed by atoms with Gasteiger partial charge in [0.2, 0.25) is 0 Å². The van der Waals surface area contributed by atoms with Crippen molar-refractivity contribution in [3.05, 3.63) is 29.3 Å². The number of hydrogen-bond donors (Lipinski definition) is 1. The zero-order valence-corrected chi connectivity index (χ0v) is 16.0. The number of carbonyl (C=O) groups is 2. The summed E-state index contributed by atoms with van der Waals surface area (Å²) < 4.78 is 42.7. The van der Waals surface area contributed by atoms with Crippen molar-refractivity contribution in [3.63, 3.8) is 0 Å². The molecule has 148 valence electrons. The third kappa shape index (κ3) is 9.21. The number of carbonyl (C=O) groups excluding carboxylic acids is 2. The zero-order chi connectivity index (χ0) is 19.6. The van der Waals surface area contributed by atoms with Crippen molar-refractivity contribution in [1.29, 1.82) is 0 Å². The topological polar surface area (TPSA) is 107 Å². The molecule has 0 fully saturated rings. The number of hydrogen-bond acceptors (Lipinski definition) is 6. The summed E-state index contributed by atoms with van der Waals surface area (Å²) in [6, 6.07) is 3.35. The van der Waals surface area contributed by atoms with Gasteiger partial charge in [-0.25, -0.2) is 9.59 Å². The third-order valence-corrected chi connectivity index (χ3v) is 4.57. The number of ether oxygens (including phenoxy) is 2. The fourth-order valence-corrected chi connectivity index (χ4v) is 2.93. The second-order valence-electron chi connectivity index (χ2n) is 5.87. The molecule has 1 N–H and O–H groups in total. The maximum atomic E-state index is 12.1. The summed E-state index contributed by atoms with van der Waals surface area (Å²) >= 11 is 0. The Balaban J connectivity index is 0.00000676. The van der Waals surface area contributed by atoms with Crippen LogP contribution in [-0.2, 0) is 19.6 Å². The van der Waals surface area contributed by atoms with E-state index in [0.29, 0.717) is 12.8 Å². The van der Waals surface area contributed by atoms with E-state index in [2.05, 4.69) is 0 Å². The van der Waals surface area contributed by atoms with Crippen LogP contribution in [0.2, 0.25) is 0 Å². The fourth-order valence-electron chi connectivity index (χ4n) is 2.23. The van der Waals surface area contributed by atoms with Gasteiger partial charge in [0.15, 0.2) is 0 Å². The summed E-state index contributed by atoms with van der Waals surface area (Å²) in [5.41, 5.74) is -0.372. The van der Waals surface area contributed by atoms with Gasteiger partial charge in [-0.15, -0.1) is 0 Å². The van der Waals surface area contributed by atoms with Crippen LogP contribution in [0.1, 0.15) is 73.1 Å². The minimum atomic E-state index is -4.71. The summed E-state index contributed by atoms with van der Waals surface area (Å²) in [5, 5.41) is 0. The van der Waals surface area contributed by atoms with Crippen molar-refractivity contribution >= 4 is 51.6 Å². The van der Waals surface area contributed by atoms with E-state index in [9.17, 15) is 22.6 Å². The van der Waals surface area contributed by atoms with E-state index in [1.165, 1.54) is 6.07 Å². The van der Waals surface area contributed by atoms with Crippen LogP contribution in [0.25, 0.3) is 0 Å². The molecule has 0 aliphatic carbocycles. The standard InChI is InChI=1S/C18H26O7S.Na.H/c1-3-5-7-11-24-17(19)14-9-10-15(16(13-14)26(21,22)23)18(20)25-12-8-6-4-2;;/h9-10,13H,3-8,11-12H2,1-2H3,(H,21,22,23);;. The number of benzene rings is 1. The molecule has 0 aliphatic rings. The molecular weight excluding hydrogens is 383 g/mol. The monoisotopic (exact) mass is 410 g/mol. The molecule has 0 aromatic heterocycles. The minimum absolute atomic E-state index is 0. The van der Waals surface area contributed by atoms with Crippen molar-refractivity contribution in [1.82, 2.24) is 0 Å². The van der Waals surface area contributed by atoms with Gasteiger partial charge in [0.05, 0.1) is 24.3 Å². The Morgan fingerprint density at radius 3 is 1.93 bits per heavy atom. The van der Waals surface area contributed by atoms with Gasteiger partial charge >= 0.3 is 41.5 Å². The van der Waals surface area contributed by atoms with E-state index < -0.39 is 27.0 Å². The van der Waals surface area contributed by atoms with Crippen LogP contribution in [0, 0.1) is 0 Å². The molecule has 0 heterocycles. The summed E-state index contributed by atoms with van der Waals surface area (Å²) in [6.07, 6.45) is 5.07. The van der Waals surface area contributed by atoms with E-state index in [0.717, 1.165) is 37.8 Å². The molecule has 7 nitrogen and oxygen atoms in total. The van der Waals surface area contributed by atoms with Gasteiger partial charge in [-0.1, -0.05) is 39.5 Å². The Morgan fingerprint density at radius 2 is 1.44 bits per heavy atom. The SMILES string of the molecule is CCCCCOC(=O)c1ccc(C(=O)OCCCCC)c(S(=O)(=O)O)c1.[NaH]. The molecule has 0 bridgehead atoms. The van der Waals surface area contributed by atoms with E-state index in [-0.39, 0.29) is 53.9 Å². The summed E-state index contributed by atoms with van der Waals surface area (Å²) in [4.78, 5) is 23.4. The van der Waals surface area contributed by atoms with Crippen LogP contribution in [-0.4, -0.2) is 67.7 Å². The van der Waals surface area contributed by atoms with Crippen molar-refractivity contribution < 1.29 is 32.0 Å². The zero-order valence-electron chi connectivity index (χ0n) is 15.2. The van der Waals surface area contributed by atoms with E-state index in [1.54, 1.807) is 0 Å². The molecule has 0 amide bonds. The predicted octanol–water partition coefficient (Wildman–Crippen LogP) is 2.98. The Kier molecular flexibility index (Phi) is 12.8. The maximum absolute atomic E-state index is 12.1. The number of unbranched alkanes of at least 4 members (excludes halogenated alkanes) is 4. The third-order valence-electron chi connectivity index (χ3n) is 3.68. The summed E-state index contributed by atoms with van der Waals surface area (Å²) in [7, 11) is -4.71. The predicted molar refractivity (Wildman–Crippen MR) is 103 cm³/mol. The van der Waals surface area contributed by atoms with Gasteiger partial charge in [0.1, 0.15) is 4.90 Å². The van der Waals surface area contributed by atoms with E-state index in [1.807, 2.05) is 13.8 Å². The number of esters is 2. The van der Waals surface area contributed by atoms with Crippen molar-refractivity contribution in [3.8, 4) is 0 Å². The molecule has 0 saturated carbocycles. The Morgan fingerprint density at radius 1 is 0.926 bits per heavy atom. The molecule has 0 spiro atoms. The van der Waals surface area contributed by atoms with E-state index in [4.69, 9.17) is 9.47 Å². The van der Waals surface area contributed by atoms with Crippen molar-refractivity contribution in [2.45, 2.75) is 57.3 Å². The molecule has 9 heteroatoms. The molecule has 0 saturated heterocycles. The van der Waals surface area contributed by atoms with Crippen LogP contribution in [0.5, 0.6) is 0 Å².